The van der Waals surface area contributed by atoms with Crippen LogP contribution in [-0.2, 0) is 0 Å². The van der Waals surface area contributed by atoms with E-state index in [-0.39, 0.29) is 0 Å². The van der Waals surface area contributed by atoms with Crippen LogP contribution in [0, 0.1) is 17.8 Å². The Morgan fingerprint density at radius 2 is 1.57 bits per heavy atom. The van der Waals surface area contributed by atoms with Gasteiger partial charge < -0.3 is 16.4 Å². The van der Waals surface area contributed by atoms with Crippen molar-refractivity contribution in [3.8, 4) is 0 Å². The number of rotatable bonds is 2. The first-order valence-corrected chi connectivity index (χ1v) is 9.35. The molecule has 0 amide bonds. The van der Waals surface area contributed by atoms with E-state index >= 15 is 0 Å². The van der Waals surface area contributed by atoms with Crippen molar-refractivity contribution in [1.82, 2.24) is 10.6 Å². The van der Waals surface area contributed by atoms with Crippen LogP contribution in [0.25, 0.3) is 0 Å². The number of hydrogen-bond donors (Lipinski definition) is 3. The molecule has 5 aliphatic carbocycles. The highest BCUT2D eigenvalue weighted by Crippen LogP contribution is 2.55. The number of nitrogens with one attached hydrogen (secondary N) is 2. The van der Waals surface area contributed by atoms with Gasteiger partial charge in [0.25, 0.3) is 0 Å². The molecule has 3 nitrogen and oxygen atoms in total. The lowest BCUT2D eigenvalue weighted by molar-refractivity contribution is -0.0102. The molecule has 4 heteroatoms. The standard InChI is InChI=1S/C17H29N3S/c18-14-2-1-3-15(7-14)19-16(21)20-17-8-11-4-12(9-17)6-13(5-11)10-17/h11-15H,1-10,18H2,(H2,19,20,21)/t11?,12?,13?,14-,15-,17?/m1/s1. The molecule has 0 radical (unpaired) electrons. The molecule has 0 unspecified atom stereocenters. The lowest BCUT2D eigenvalue weighted by atomic mass is 9.53. The molecule has 5 saturated carbocycles. The van der Waals surface area contributed by atoms with E-state index in [0.717, 1.165) is 29.3 Å². The summed E-state index contributed by atoms with van der Waals surface area (Å²) in [6.45, 7) is 0. The van der Waals surface area contributed by atoms with Gasteiger partial charge in [0.1, 0.15) is 0 Å². The monoisotopic (exact) mass is 307 g/mol. The van der Waals surface area contributed by atoms with Gasteiger partial charge in [-0.3, -0.25) is 0 Å². The van der Waals surface area contributed by atoms with Crippen molar-refractivity contribution in [2.24, 2.45) is 23.5 Å². The van der Waals surface area contributed by atoms with Crippen LogP contribution >= 0.6 is 12.2 Å². The summed E-state index contributed by atoms with van der Waals surface area (Å²) in [6, 6.07) is 0.848. The molecule has 0 aromatic carbocycles. The van der Waals surface area contributed by atoms with E-state index in [0.29, 0.717) is 17.6 Å². The molecule has 4 bridgehead atoms. The van der Waals surface area contributed by atoms with Crippen LogP contribution < -0.4 is 16.4 Å². The molecular weight excluding hydrogens is 278 g/mol. The van der Waals surface area contributed by atoms with Crippen molar-refractivity contribution in [3.05, 3.63) is 0 Å². The molecule has 0 spiro atoms. The van der Waals surface area contributed by atoms with Gasteiger partial charge in [-0.1, -0.05) is 0 Å². The predicted octanol–water partition coefficient (Wildman–Crippen LogP) is 2.69. The largest absolute Gasteiger partial charge is 0.360 e. The maximum absolute atomic E-state index is 6.08. The van der Waals surface area contributed by atoms with Crippen molar-refractivity contribution in [2.75, 3.05) is 0 Å². The summed E-state index contributed by atoms with van der Waals surface area (Å²) in [5.74, 6) is 2.90. The van der Waals surface area contributed by atoms with Crippen LogP contribution in [0.15, 0.2) is 0 Å². The van der Waals surface area contributed by atoms with E-state index in [4.69, 9.17) is 18.0 Å². The Morgan fingerprint density at radius 1 is 0.952 bits per heavy atom. The van der Waals surface area contributed by atoms with E-state index in [1.807, 2.05) is 0 Å². The van der Waals surface area contributed by atoms with Gasteiger partial charge in [-0.25, -0.2) is 0 Å². The van der Waals surface area contributed by atoms with Gasteiger partial charge in [0.2, 0.25) is 0 Å². The van der Waals surface area contributed by atoms with Crippen LogP contribution in [-0.4, -0.2) is 22.7 Å². The third kappa shape index (κ3) is 2.94. The summed E-state index contributed by atoms with van der Waals surface area (Å²) < 4.78 is 0. The second-order valence-corrected chi connectivity index (χ2v) is 8.83. The summed E-state index contributed by atoms with van der Waals surface area (Å²) in [5.41, 5.74) is 6.41. The highest BCUT2D eigenvalue weighted by Gasteiger charge is 2.51. The lowest BCUT2D eigenvalue weighted by Crippen LogP contribution is -2.62. The topological polar surface area (TPSA) is 50.1 Å². The highest BCUT2D eigenvalue weighted by atomic mass is 32.1. The molecule has 118 valence electrons. The van der Waals surface area contributed by atoms with Gasteiger partial charge in [-0.15, -0.1) is 0 Å². The summed E-state index contributed by atoms with van der Waals surface area (Å²) in [5, 5.41) is 8.23. The molecule has 5 rings (SSSR count). The minimum absolute atomic E-state index is 0.329. The first-order valence-electron chi connectivity index (χ1n) is 8.94. The molecule has 2 atom stereocenters. The maximum atomic E-state index is 6.08. The van der Waals surface area contributed by atoms with Gasteiger partial charge in [0.05, 0.1) is 0 Å². The van der Waals surface area contributed by atoms with Crippen molar-refractivity contribution in [3.63, 3.8) is 0 Å². The molecule has 5 fully saturated rings. The molecule has 21 heavy (non-hydrogen) atoms. The molecule has 0 aromatic heterocycles. The van der Waals surface area contributed by atoms with Crippen LogP contribution in [0.4, 0.5) is 0 Å². The fourth-order valence-corrected chi connectivity index (χ4v) is 6.47. The zero-order chi connectivity index (χ0) is 14.4. The average molecular weight is 308 g/mol. The Morgan fingerprint density at radius 3 is 2.14 bits per heavy atom. The summed E-state index contributed by atoms with van der Waals surface area (Å²) in [4.78, 5) is 0. The molecule has 5 aliphatic rings. The van der Waals surface area contributed by atoms with Crippen molar-refractivity contribution < 1.29 is 0 Å². The first kappa shape index (κ1) is 14.3. The minimum atomic E-state index is 0.329. The Balaban J connectivity index is 1.36. The van der Waals surface area contributed by atoms with Gasteiger partial charge in [-0.2, -0.15) is 0 Å². The Bertz CT molecular complexity index is 387. The third-order valence-corrected chi connectivity index (χ3v) is 6.69. The van der Waals surface area contributed by atoms with E-state index in [9.17, 15) is 0 Å². The minimum Gasteiger partial charge on any atom is -0.360 e. The van der Waals surface area contributed by atoms with Crippen LogP contribution in [0.1, 0.15) is 64.2 Å². The molecular formula is C17H29N3S. The maximum Gasteiger partial charge on any atom is 0.166 e. The number of hydrogen-bond acceptors (Lipinski definition) is 2. The zero-order valence-corrected chi connectivity index (χ0v) is 13.8. The molecule has 4 N–H and O–H groups in total. The average Bonchev–Trinajstić information content (AvgIpc) is 2.35. The fraction of sp³-hybridized carbons (Fsp3) is 0.941. The third-order valence-electron chi connectivity index (χ3n) is 6.47. The first-order chi connectivity index (χ1) is 10.1. The summed E-state index contributed by atoms with van der Waals surface area (Å²) in [6.07, 6.45) is 13.2. The quantitative estimate of drug-likeness (QED) is 0.687. The molecule has 0 saturated heterocycles. The lowest BCUT2D eigenvalue weighted by Gasteiger charge is -2.57. The van der Waals surface area contributed by atoms with Crippen LogP contribution in [0.2, 0.25) is 0 Å². The number of thiocarbonyl (C=S) groups is 1. The Kier molecular flexibility index (Phi) is 3.65. The van der Waals surface area contributed by atoms with Gasteiger partial charge >= 0.3 is 0 Å². The Hall–Kier alpha value is -0.350. The predicted molar refractivity (Wildman–Crippen MR) is 90.0 cm³/mol. The van der Waals surface area contributed by atoms with Gasteiger partial charge in [0, 0.05) is 17.6 Å². The van der Waals surface area contributed by atoms with E-state index in [1.165, 1.54) is 57.8 Å². The Labute approximate surface area is 133 Å². The summed E-state index contributed by atoms with van der Waals surface area (Å²) >= 11 is 5.65. The highest BCUT2D eigenvalue weighted by molar-refractivity contribution is 7.80. The van der Waals surface area contributed by atoms with Crippen molar-refractivity contribution in [2.45, 2.75) is 81.8 Å². The molecule has 0 aliphatic heterocycles. The molecule has 0 aromatic rings. The molecule has 0 heterocycles. The van der Waals surface area contributed by atoms with E-state index < -0.39 is 0 Å². The SMILES string of the molecule is N[C@@H]1CCC[C@@H](NC(=S)NC23CC4CC(CC(C4)C2)C3)C1. The smallest absolute Gasteiger partial charge is 0.166 e. The van der Waals surface area contributed by atoms with Crippen molar-refractivity contribution in [1.29, 1.82) is 0 Å². The second kappa shape index (κ2) is 5.38. The van der Waals surface area contributed by atoms with Gasteiger partial charge in [-0.05, 0) is 94.2 Å². The zero-order valence-electron chi connectivity index (χ0n) is 12.9. The van der Waals surface area contributed by atoms with Crippen LogP contribution in [0.3, 0.4) is 0 Å². The second-order valence-electron chi connectivity index (χ2n) is 8.42. The van der Waals surface area contributed by atoms with Gasteiger partial charge in [0.15, 0.2) is 5.11 Å². The van der Waals surface area contributed by atoms with Crippen molar-refractivity contribution >= 4 is 17.3 Å². The van der Waals surface area contributed by atoms with Crippen LogP contribution in [0.5, 0.6) is 0 Å². The summed E-state index contributed by atoms with van der Waals surface area (Å²) in [7, 11) is 0. The normalized spacial score (nSPS) is 48.1. The fourth-order valence-electron chi connectivity index (χ4n) is 6.08. The van der Waals surface area contributed by atoms with E-state index in [1.54, 1.807) is 0 Å². The van der Waals surface area contributed by atoms with E-state index in [2.05, 4.69) is 10.6 Å². The number of nitrogens with two attached hydrogens (primary N) is 1.